The van der Waals surface area contributed by atoms with Crippen LogP contribution in [0.1, 0.15) is 32.8 Å². The van der Waals surface area contributed by atoms with E-state index in [2.05, 4.69) is 49.0 Å². The number of hydrogen-bond acceptors (Lipinski definition) is 3. The third kappa shape index (κ3) is 2.44. The summed E-state index contributed by atoms with van der Waals surface area (Å²) in [6.45, 7) is 11.1. The first-order valence-electron chi connectivity index (χ1n) is 6.48. The Labute approximate surface area is 104 Å². The van der Waals surface area contributed by atoms with E-state index in [9.17, 15) is 0 Å². The van der Waals surface area contributed by atoms with Gasteiger partial charge in [-0.15, -0.1) is 0 Å². The van der Waals surface area contributed by atoms with Crippen molar-refractivity contribution in [1.29, 1.82) is 0 Å². The van der Waals surface area contributed by atoms with Gasteiger partial charge in [-0.1, -0.05) is 6.92 Å². The lowest BCUT2D eigenvalue weighted by Gasteiger charge is -2.46. The zero-order valence-corrected chi connectivity index (χ0v) is 11.3. The number of nitrogens with one attached hydrogen (secondary N) is 1. The van der Waals surface area contributed by atoms with Crippen molar-refractivity contribution in [1.82, 2.24) is 10.3 Å². The van der Waals surface area contributed by atoms with Crippen LogP contribution in [-0.4, -0.2) is 29.7 Å². The lowest BCUT2D eigenvalue weighted by Crippen LogP contribution is -2.62. The normalized spacial score (nSPS) is 29.4. The lowest BCUT2D eigenvalue weighted by atomic mass is 9.93. The Morgan fingerprint density at radius 1 is 1.59 bits per heavy atom. The van der Waals surface area contributed by atoms with Crippen molar-refractivity contribution < 1.29 is 0 Å². The minimum Gasteiger partial charge on any atom is -0.364 e. The van der Waals surface area contributed by atoms with Gasteiger partial charge in [-0.05, 0) is 38.8 Å². The number of hydrogen-bond donors (Lipinski definition) is 1. The molecule has 1 fully saturated rings. The Bertz CT molecular complexity index is 391. The second kappa shape index (κ2) is 4.65. The van der Waals surface area contributed by atoms with Crippen LogP contribution >= 0.6 is 0 Å². The quantitative estimate of drug-likeness (QED) is 0.850. The zero-order chi connectivity index (χ0) is 12.5. The van der Waals surface area contributed by atoms with Crippen molar-refractivity contribution in [2.45, 2.75) is 45.7 Å². The van der Waals surface area contributed by atoms with Crippen LogP contribution in [-0.2, 0) is 0 Å². The van der Waals surface area contributed by atoms with Gasteiger partial charge >= 0.3 is 0 Å². The summed E-state index contributed by atoms with van der Waals surface area (Å²) >= 11 is 0. The van der Waals surface area contributed by atoms with Gasteiger partial charge in [0.2, 0.25) is 0 Å². The van der Waals surface area contributed by atoms with Crippen LogP contribution < -0.4 is 10.2 Å². The van der Waals surface area contributed by atoms with Gasteiger partial charge in [0.25, 0.3) is 0 Å². The first-order valence-corrected chi connectivity index (χ1v) is 6.48. The average Bonchev–Trinajstić information content (AvgIpc) is 2.34. The molecule has 3 heteroatoms. The third-order valence-corrected chi connectivity index (χ3v) is 3.98. The summed E-state index contributed by atoms with van der Waals surface area (Å²) < 4.78 is 0. The molecule has 2 heterocycles. The minimum atomic E-state index is 0.217. The predicted molar refractivity (Wildman–Crippen MR) is 72.5 cm³/mol. The van der Waals surface area contributed by atoms with Crippen LogP contribution in [0.25, 0.3) is 0 Å². The lowest BCUT2D eigenvalue weighted by molar-refractivity contribution is 0.285. The van der Waals surface area contributed by atoms with E-state index in [1.54, 1.807) is 0 Å². The highest BCUT2D eigenvalue weighted by molar-refractivity contribution is 5.52. The summed E-state index contributed by atoms with van der Waals surface area (Å²) in [5, 5.41) is 3.65. The molecule has 0 aliphatic carbocycles. The SMILES string of the molecule is CCC1(C)CN(c2cnccc2C)C(C)CN1. The van der Waals surface area contributed by atoms with Crippen molar-refractivity contribution in [2.24, 2.45) is 0 Å². The van der Waals surface area contributed by atoms with Crippen LogP contribution in [0.5, 0.6) is 0 Å². The molecule has 0 spiro atoms. The van der Waals surface area contributed by atoms with E-state index in [-0.39, 0.29) is 5.54 Å². The molecule has 2 atom stereocenters. The number of aromatic nitrogens is 1. The summed E-state index contributed by atoms with van der Waals surface area (Å²) in [6, 6.07) is 2.62. The van der Waals surface area contributed by atoms with E-state index in [0.29, 0.717) is 6.04 Å². The molecule has 1 aliphatic rings. The van der Waals surface area contributed by atoms with E-state index >= 15 is 0 Å². The Morgan fingerprint density at radius 2 is 2.35 bits per heavy atom. The van der Waals surface area contributed by atoms with Gasteiger partial charge in [0.1, 0.15) is 0 Å². The fourth-order valence-electron chi connectivity index (χ4n) is 2.41. The molecular formula is C14H23N3. The van der Waals surface area contributed by atoms with Crippen LogP contribution in [0.2, 0.25) is 0 Å². The molecule has 94 valence electrons. The highest BCUT2D eigenvalue weighted by Crippen LogP contribution is 2.26. The van der Waals surface area contributed by atoms with Crippen LogP contribution in [0.4, 0.5) is 5.69 Å². The van der Waals surface area contributed by atoms with E-state index in [4.69, 9.17) is 0 Å². The number of pyridine rings is 1. The van der Waals surface area contributed by atoms with Crippen molar-refractivity contribution in [3.05, 3.63) is 24.0 Å². The molecule has 2 rings (SSSR count). The number of anilines is 1. The largest absolute Gasteiger partial charge is 0.364 e. The second-order valence-corrected chi connectivity index (χ2v) is 5.43. The number of rotatable bonds is 2. The Hall–Kier alpha value is -1.09. The van der Waals surface area contributed by atoms with Crippen LogP contribution in [0.15, 0.2) is 18.5 Å². The van der Waals surface area contributed by atoms with Crippen molar-refractivity contribution in [3.8, 4) is 0 Å². The zero-order valence-electron chi connectivity index (χ0n) is 11.3. The topological polar surface area (TPSA) is 28.2 Å². The fourth-order valence-corrected chi connectivity index (χ4v) is 2.41. The minimum absolute atomic E-state index is 0.217. The van der Waals surface area contributed by atoms with Gasteiger partial charge in [-0.2, -0.15) is 0 Å². The smallest absolute Gasteiger partial charge is 0.0585 e. The monoisotopic (exact) mass is 233 g/mol. The fraction of sp³-hybridized carbons (Fsp3) is 0.643. The Kier molecular flexibility index (Phi) is 3.38. The first kappa shape index (κ1) is 12.4. The number of nitrogens with zero attached hydrogens (tertiary/aromatic N) is 2. The van der Waals surface area contributed by atoms with Crippen molar-refractivity contribution >= 4 is 5.69 Å². The Morgan fingerprint density at radius 3 is 3.00 bits per heavy atom. The molecule has 1 aromatic rings. The molecule has 0 radical (unpaired) electrons. The Balaban J connectivity index is 2.27. The van der Waals surface area contributed by atoms with E-state index in [0.717, 1.165) is 19.5 Å². The average molecular weight is 233 g/mol. The molecule has 1 saturated heterocycles. The van der Waals surface area contributed by atoms with E-state index in [1.807, 2.05) is 12.4 Å². The summed E-state index contributed by atoms with van der Waals surface area (Å²) in [5.41, 5.74) is 2.81. The molecule has 0 aromatic carbocycles. The summed E-state index contributed by atoms with van der Waals surface area (Å²) in [4.78, 5) is 6.76. The molecule has 0 amide bonds. The molecule has 3 nitrogen and oxygen atoms in total. The maximum atomic E-state index is 4.27. The van der Waals surface area contributed by atoms with Gasteiger partial charge in [-0.3, -0.25) is 4.98 Å². The molecule has 17 heavy (non-hydrogen) atoms. The molecule has 0 bridgehead atoms. The number of aryl methyl sites for hydroxylation is 1. The highest BCUT2D eigenvalue weighted by Gasteiger charge is 2.33. The molecule has 1 N–H and O–H groups in total. The molecule has 1 aromatic heterocycles. The predicted octanol–water partition coefficient (Wildman–Crippen LogP) is 2.36. The van der Waals surface area contributed by atoms with Crippen LogP contribution in [0.3, 0.4) is 0 Å². The summed E-state index contributed by atoms with van der Waals surface area (Å²) in [5.74, 6) is 0. The van der Waals surface area contributed by atoms with Crippen LogP contribution in [0, 0.1) is 6.92 Å². The molecule has 1 aliphatic heterocycles. The standard InChI is InChI=1S/C14H23N3/c1-5-14(4)10-17(12(3)8-16-14)13-9-15-7-6-11(13)2/h6-7,9,12,16H,5,8,10H2,1-4H3. The van der Waals surface area contributed by atoms with E-state index < -0.39 is 0 Å². The van der Waals surface area contributed by atoms with Gasteiger partial charge in [0.15, 0.2) is 0 Å². The molecule has 0 saturated carbocycles. The van der Waals surface area contributed by atoms with Crippen molar-refractivity contribution in [2.75, 3.05) is 18.0 Å². The summed E-state index contributed by atoms with van der Waals surface area (Å²) in [7, 11) is 0. The van der Waals surface area contributed by atoms with Gasteiger partial charge < -0.3 is 10.2 Å². The maximum Gasteiger partial charge on any atom is 0.0585 e. The molecular weight excluding hydrogens is 210 g/mol. The maximum absolute atomic E-state index is 4.27. The first-order chi connectivity index (χ1) is 8.06. The second-order valence-electron chi connectivity index (χ2n) is 5.43. The molecule has 2 unspecified atom stereocenters. The summed E-state index contributed by atoms with van der Waals surface area (Å²) in [6.07, 6.45) is 5.01. The van der Waals surface area contributed by atoms with Gasteiger partial charge in [-0.25, -0.2) is 0 Å². The van der Waals surface area contributed by atoms with Gasteiger partial charge in [0, 0.05) is 30.9 Å². The van der Waals surface area contributed by atoms with Gasteiger partial charge in [0.05, 0.1) is 11.9 Å². The number of piperazine rings is 1. The third-order valence-electron chi connectivity index (χ3n) is 3.98. The van der Waals surface area contributed by atoms with Crippen molar-refractivity contribution in [3.63, 3.8) is 0 Å². The van der Waals surface area contributed by atoms with E-state index in [1.165, 1.54) is 11.3 Å². The highest BCUT2D eigenvalue weighted by atomic mass is 15.3.